The van der Waals surface area contributed by atoms with Gasteiger partial charge in [-0.1, -0.05) is 25.1 Å². The van der Waals surface area contributed by atoms with Crippen molar-refractivity contribution in [1.29, 1.82) is 0 Å². The molecule has 0 saturated heterocycles. The lowest BCUT2D eigenvalue weighted by Gasteiger charge is -2.33. The van der Waals surface area contributed by atoms with E-state index in [1.165, 1.54) is 0 Å². The Bertz CT molecular complexity index is 408. The summed E-state index contributed by atoms with van der Waals surface area (Å²) in [7, 11) is -3.05. The molecule has 0 amide bonds. The van der Waals surface area contributed by atoms with E-state index < -0.39 is 9.84 Å². The molecule has 1 aliphatic carbocycles. The Morgan fingerprint density at radius 1 is 1.14 bits per heavy atom. The van der Waals surface area contributed by atoms with Crippen LogP contribution in [0.2, 0.25) is 0 Å². The summed E-state index contributed by atoms with van der Waals surface area (Å²) in [5.41, 5.74) is 0. The molecule has 0 aliphatic heterocycles. The molecule has 0 bridgehead atoms. The Kier molecular flexibility index (Phi) is 2.35. The third-order valence-electron chi connectivity index (χ3n) is 3.01. The van der Waals surface area contributed by atoms with Gasteiger partial charge in [0.25, 0.3) is 0 Å². The molecule has 0 spiro atoms. The lowest BCUT2D eigenvalue weighted by atomic mass is 9.87. The van der Waals surface area contributed by atoms with Crippen molar-refractivity contribution in [2.45, 2.75) is 29.9 Å². The van der Waals surface area contributed by atoms with Gasteiger partial charge in [-0.15, -0.1) is 0 Å². The van der Waals surface area contributed by atoms with E-state index in [-0.39, 0.29) is 5.25 Å². The summed E-state index contributed by atoms with van der Waals surface area (Å²) in [5, 5.41) is -0.148. The smallest absolute Gasteiger partial charge is 0.181 e. The molecule has 0 N–H and O–H groups in total. The second kappa shape index (κ2) is 3.39. The standard InChI is InChI=1S/C11H14O2S/c1-9-7-8-11(9)14(12,13)10-5-3-2-4-6-10/h2-6,9,11H,7-8H2,1H3/t9-,11-/m1/s1. The van der Waals surface area contributed by atoms with E-state index in [9.17, 15) is 8.42 Å². The molecular formula is C11H14O2S. The minimum absolute atomic E-state index is 0.148. The molecule has 1 fully saturated rings. The fourth-order valence-corrected chi connectivity index (χ4v) is 3.96. The number of benzene rings is 1. The Labute approximate surface area is 84.9 Å². The molecule has 0 unspecified atom stereocenters. The van der Waals surface area contributed by atoms with Crippen LogP contribution in [0.1, 0.15) is 19.8 Å². The molecular weight excluding hydrogens is 196 g/mol. The van der Waals surface area contributed by atoms with Gasteiger partial charge < -0.3 is 0 Å². The van der Waals surface area contributed by atoms with Gasteiger partial charge in [-0.25, -0.2) is 8.42 Å². The van der Waals surface area contributed by atoms with Gasteiger partial charge >= 0.3 is 0 Å². The third-order valence-corrected chi connectivity index (χ3v) is 5.44. The van der Waals surface area contributed by atoms with Gasteiger partial charge in [0.1, 0.15) is 0 Å². The number of hydrogen-bond acceptors (Lipinski definition) is 2. The van der Waals surface area contributed by atoms with Crippen LogP contribution >= 0.6 is 0 Å². The zero-order chi connectivity index (χ0) is 10.2. The number of hydrogen-bond donors (Lipinski definition) is 0. The summed E-state index contributed by atoms with van der Waals surface area (Å²) in [6, 6.07) is 8.75. The third kappa shape index (κ3) is 1.46. The van der Waals surface area contributed by atoms with Crippen molar-refractivity contribution in [3.05, 3.63) is 30.3 Å². The molecule has 1 aromatic rings. The average Bonchev–Trinajstić information content (AvgIpc) is 2.16. The van der Waals surface area contributed by atoms with Crippen molar-refractivity contribution >= 4 is 9.84 Å². The molecule has 2 atom stereocenters. The molecule has 0 radical (unpaired) electrons. The SMILES string of the molecule is C[C@@H]1CC[C@H]1S(=O)(=O)c1ccccc1. The van der Waals surface area contributed by atoms with E-state index in [1.54, 1.807) is 24.3 Å². The highest BCUT2D eigenvalue weighted by atomic mass is 32.2. The largest absolute Gasteiger partial charge is 0.223 e. The molecule has 3 heteroatoms. The van der Waals surface area contributed by atoms with Crippen LogP contribution in [0, 0.1) is 5.92 Å². The predicted molar refractivity (Wildman–Crippen MR) is 55.8 cm³/mol. The monoisotopic (exact) mass is 210 g/mol. The number of rotatable bonds is 2. The van der Waals surface area contributed by atoms with Gasteiger partial charge in [0.05, 0.1) is 10.1 Å². The van der Waals surface area contributed by atoms with E-state index in [2.05, 4.69) is 0 Å². The molecule has 1 saturated carbocycles. The average molecular weight is 210 g/mol. The van der Waals surface area contributed by atoms with Crippen molar-refractivity contribution < 1.29 is 8.42 Å². The molecule has 2 nitrogen and oxygen atoms in total. The zero-order valence-electron chi connectivity index (χ0n) is 8.18. The Balaban J connectivity index is 2.34. The Morgan fingerprint density at radius 3 is 2.21 bits per heavy atom. The maximum Gasteiger partial charge on any atom is 0.181 e. The first kappa shape index (κ1) is 9.71. The van der Waals surface area contributed by atoms with Gasteiger partial charge in [0.2, 0.25) is 0 Å². The highest BCUT2D eigenvalue weighted by Crippen LogP contribution is 2.36. The van der Waals surface area contributed by atoms with Crippen molar-refractivity contribution in [1.82, 2.24) is 0 Å². The Hall–Kier alpha value is -0.830. The van der Waals surface area contributed by atoms with Crippen molar-refractivity contribution in [3.8, 4) is 0 Å². The maximum absolute atomic E-state index is 12.0. The molecule has 2 rings (SSSR count). The van der Waals surface area contributed by atoms with Gasteiger partial charge in [-0.05, 0) is 30.9 Å². The van der Waals surface area contributed by atoms with Crippen LogP contribution in [0.5, 0.6) is 0 Å². The lowest BCUT2D eigenvalue weighted by Crippen LogP contribution is -2.36. The minimum atomic E-state index is -3.05. The summed E-state index contributed by atoms with van der Waals surface area (Å²) in [6.45, 7) is 2.01. The zero-order valence-corrected chi connectivity index (χ0v) is 9.00. The second-order valence-corrected chi connectivity index (χ2v) is 6.12. The van der Waals surface area contributed by atoms with Crippen molar-refractivity contribution in [2.24, 2.45) is 5.92 Å². The van der Waals surface area contributed by atoms with Crippen molar-refractivity contribution in [2.75, 3.05) is 0 Å². The van der Waals surface area contributed by atoms with Crippen LogP contribution in [0.15, 0.2) is 35.2 Å². The van der Waals surface area contributed by atoms with Crippen LogP contribution in [-0.2, 0) is 9.84 Å². The molecule has 0 heterocycles. The fourth-order valence-electron chi connectivity index (χ4n) is 1.88. The van der Waals surface area contributed by atoms with E-state index in [4.69, 9.17) is 0 Å². The topological polar surface area (TPSA) is 34.1 Å². The van der Waals surface area contributed by atoms with Crippen LogP contribution in [0.4, 0.5) is 0 Å². The highest BCUT2D eigenvalue weighted by molar-refractivity contribution is 7.92. The first-order valence-corrected chi connectivity index (χ1v) is 6.46. The van der Waals surface area contributed by atoms with Gasteiger partial charge in [-0.3, -0.25) is 0 Å². The summed E-state index contributed by atoms with van der Waals surface area (Å²) >= 11 is 0. The number of sulfone groups is 1. The molecule has 0 aromatic heterocycles. The summed E-state index contributed by atoms with van der Waals surface area (Å²) in [6.07, 6.45) is 1.86. The van der Waals surface area contributed by atoms with Gasteiger partial charge in [0, 0.05) is 0 Å². The summed E-state index contributed by atoms with van der Waals surface area (Å²) in [4.78, 5) is 0.469. The first-order chi connectivity index (χ1) is 6.62. The van der Waals surface area contributed by atoms with Crippen LogP contribution < -0.4 is 0 Å². The van der Waals surface area contributed by atoms with E-state index in [0.717, 1.165) is 12.8 Å². The van der Waals surface area contributed by atoms with Crippen LogP contribution in [-0.4, -0.2) is 13.7 Å². The summed E-state index contributed by atoms with van der Waals surface area (Å²) in [5.74, 6) is 0.320. The quantitative estimate of drug-likeness (QED) is 0.750. The molecule has 76 valence electrons. The Morgan fingerprint density at radius 2 is 1.79 bits per heavy atom. The van der Waals surface area contributed by atoms with Gasteiger partial charge in [0.15, 0.2) is 9.84 Å². The summed E-state index contributed by atoms with van der Waals surface area (Å²) < 4.78 is 24.0. The van der Waals surface area contributed by atoms with E-state index in [1.807, 2.05) is 13.0 Å². The lowest BCUT2D eigenvalue weighted by molar-refractivity contribution is 0.344. The van der Waals surface area contributed by atoms with Gasteiger partial charge in [-0.2, -0.15) is 0 Å². The van der Waals surface area contributed by atoms with E-state index in [0.29, 0.717) is 10.8 Å². The van der Waals surface area contributed by atoms with Crippen LogP contribution in [0.3, 0.4) is 0 Å². The fraction of sp³-hybridized carbons (Fsp3) is 0.455. The highest BCUT2D eigenvalue weighted by Gasteiger charge is 2.38. The first-order valence-electron chi connectivity index (χ1n) is 4.91. The van der Waals surface area contributed by atoms with Crippen LogP contribution in [0.25, 0.3) is 0 Å². The second-order valence-electron chi connectivity index (χ2n) is 3.95. The predicted octanol–water partition coefficient (Wildman–Crippen LogP) is 2.26. The molecule has 1 aliphatic rings. The van der Waals surface area contributed by atoms with E-state index >= 15 is 0 Å². The minimum Gasteiger partial charge on any atom is -0.223 e. The van der Waals surface area contributed by atoms with Crippen molar-refractivity contribution in [3.63, 3.8) is 0 Å². The maximum atomic E-state index is 12.0. The molecule has 14 heavy (non-hydrogen) atoms. The molecule has 1 aromatic carbocycles. The normalized spacial score (nSPS) is 26.9.